The lowest BCUT2D eigenvalue weighted by Crippen LogP contribution is -2.30. The van der Waals surface area contributed by atoms with Gasteiger partial charge >= 0.3 is 0 Å². The second-order valence-electron chi connectivity index (χ2n) is 4.60. The van der Waals surface area contributed by atoms with Crippen molar-refractivity contribution < 1.29 is 0 Å². The first-order chi connectivity index (χ1) is 9.60. The van der Waals surface area contributed by atoms with Gasteiger partial charge in [-0.2, -0.15) is 15.0 Å². The monoisotopic (exact) mass is 277 g/mol. The molecule has 0 fully saturated rings. The highest BCUT2D eigenvalue weighted by Crippen LogP contribution is 2.11. The zero-order valence-corrected chi connectivity index (χ0v) is 11.9. The molecule has 2 aromatic rings. The quantitative estimate of drug-likeness (QED) is 0.530. The Labute approximate surface area is 117 Å². The number of nitrogens with two attached hydrogens (primary N) is 1. The Morgan fingerprint density at radius 2 is 2.00 bits per heavy atom. The smallest absolute Gasteiger partial charge is 0.243 e. The maximum Gasteiger partial charge on any atom is 0.243 e. The Morgan fingerprint density at radius 1 is 1.20 bits per heavy atom. The second-order valence-corrected chi connectivity index (χ2v) is 4.60. The maximum atomic E-state index is 5.41. The van der Waals surface area contributed by atoms with Crippen LogP contribution in [0.5, 0.6) is 0 Å². The van der Waals surface area contributed by atoms with Crippen LogP contribution in [0.15, 0.2) is 18.7 Å². The van der Waals surface area contributed by atoms with E-state index in [-0.39, 0.29) is 0 Å². The molecular weight excluding hydrogens is 258 g/mol. The van der Waals surface area contributed by atoms with Crippen LogP contribution in [0.3, 0.4) is 0 Å². The minimum Gasteiger partial charge on any atom is -0.342 e. The van der Waals surface area contributed by atoms with Gasteiger partial charge < -0.3 is 9.80 Å². The summed E-state index contributed by atoms with van der Waals surface area (Å²) in [5.41, 5.74) is 2.46. The van der Waals surface area contributed by atoms with Gasteiger partial charge in [0.05, 0.1) is 0 Å². The molecule has 0 aromatic carbocycles. The van der Waals surface area contributed by atoms with Gasteiger partial charge in [-0.3, -0.25) is 9.99 Å². The van der Waals surface area contributed by atoms with Crippen molar-refractivity contribution in [3.63, 3.8) is 0 Å². The lowest BCUT2D eigenvalue weighted by Gasteiger charge is -2.20. The molecule has 0 unspecified atom stereocenters. The first kappa shape index (κ1) is 14.2. The van der Waals surface area contributed by atoms with Crippen LogP contribution in [-0.2, 0) is 0 Å². The van der Waals surface area contributed by atoms with Crippen LogP contribution < -0.4 is 16.2 Å². The summed E-state index contributed by atoms with van der Waals surface area (Å²) in [6.07, 6.45) is 5.05. The van der Waals surface area contributed by atoms with Gasteiger partial charge in [-0.15, -0.1) is 0 Å². The summed E-state index contributed by atoms with van der Waals surface area (Å²) in [5, 5.41) is 0. The summed E-state index contributed by atoms with van der Waals surface area (Å²) >= 11 is 0. The summed E-state index contributed by atoms with van der Waals surface area (Å²) in [4.78, 5) is 20.9. The van der Waals surface area contributed by atoms with Crippen LogP contribution in [0, 0.1) is 0 Å². The van der Waals surface area contributed by atoms with Crippen molar-refractivity contribution in [3.05, 3.63) is 18.7 Å². The van der Waals surface area contributed by atoms with Crippen LogP contribution in [0.2, 0.25) is 0 Å². The number of imidazole rings is 1. The lowest BCUT2D eigenvalue weighted by molar-refractivity contribution is 0.415. The Hall–Kier alpha value is -2.26. The third-order valence-corrected chi connectivity index (χ3v) is 2.70. The van der Waals surface area contributed by atoms with Gasteiger partial charge in [-0.25, -0.2) is 10.8 Å². The molecule has 2 aromatic heterocycles. The van der Waals surface area contributed by atoms with E-state index in [1.54, 1.807) is 23.3 Å². The SMILES string of the molecule is CN(C)CCN(C)c1nc(NN)nc(-n2ccnc2)n1. The fourth-order valence-corrected chi connectivity index (χ4v) is 1.53. The van der Waals surface area contributed by atoms with Crippen LogP contribution in [0.4, 0.5) is 11.9 Å². The van der Waals surface area contributed by atoms with Crippen molar-refractivity contribution in [2.45, 2.75) is 0 Å². The van der Waals surface area contributed by atoms with E-state index in [0.717, 1.165) is 13.1 Å². The Balaban J connectivity index is 2.26. The molecule has 0 amide bonds. The standard InChI is InChI=1S/C11H19N9/c1-18(2)6-7-19(3)10-14-9(17-12)15-11(16-10)20-5-4-13-8-20/h4-5,8H,6-7,12H2,1-3H3,(H,14,15,16,17). The van der Waals surface area contributed by atoms with Gasteiger partial charge in [-0.1, -0.05) is 0 Å². The maximum absolute atomic E-state index is 5.41. The zero-order valence-electron chi connectivity index (χ0n) is 11.9. The number of nitrogen functional groups attached to an aromatic ring is 1. The number of nitrogens with one attached hydrogen (secondary N) is 1. The molecule has 9 nitrogen and oxygen atoms in total. The van der Waals surface area contributed by atoms with E-state index >= 15 is 0 Å². The highest BCUT2D eigenvalue weighted by molar-refractivity contribution is 5.38. The fourth-order valence-electron chi connectivity index (χ4n) is 1.53. The molecule has 0 aliphatic heterocycles. The number of anilines is 2. The zero-order chi connectivity index (χ0) is 14.5. The molecule has 0 saturated heterocycles. The molecule has 0 aliphatic rings. The number of rotatable bonds is 6. The number of hydrazine groups is 1. The molecule has 3 N–H and O–H groups in total. The average Bonchev–Trinajstić information content (AvgIpc) is 2.98. The molecule has 20 heavy (non-hydrogen) atoms. The van der Waals surface area contributed by atoms with Crippen molar-refractivity contribution in [1.82, 2.24) is 29.4 Å². The fraction of sp³-hybridized carbons (Fsp3) is 0.455. The Bertz CT molecular complexity index is 537. The Morgan fingerprint density at radius 3 is 2.60 bits per heavy atom. The number of hydrogen-bond donors (Lipinski definition) is 2. The minimum absolute atomic E-state index is 0.315. The molecular formula is C11H19N9. The number of likely N-dealkylation sites (N-methyl/N-ethyl adjacent to an activating group) is 2. The van der Waals surface area contributed by atoms with Crippen molar-refractivity contribution in [3.8, 4) is 5.95 Å². The van der Waals surface area contributed by atoms with Crippen molar-refractivity contribution in [2.24, 2.45) is 5.84 Å². The van der Waals surface area contributed by atoms with Crippen LogP contribution >= 0.6 is 0 Å². The molecule has 0 spiro atoms. The first-order valence-corrected chi connectivity index (χ1v) is 6.17. The molecule has 0 saturated carbocycles. The molecule has 0 bridgehead atoms. The summed E-state index contributed by atoms with van der Waals surface area (Å²) in [7, 11) is 5.97. The highest BCUT2D eigenvalue weighted by Gasteiger charge is 2.11. The van der Waals surface area contributed by atoms with Gasteiger partial charge in [0.2, 0.25) is 17.8 Å². The predicted molar refractivity (Wildman–Crippen MR) is 76.6 cm³/mol. The predicted octanol–water partition coefficient (Wildman–Crippen LogP) is -0.659. The van der Waals surface area contributed by atoms with Crippen LogP contribution in [-0.4, -0.2) is 63.6 Å². The van der Waals surface area contributed by atoms with E-state index in [9.17, 15) is 0 Å². The largest absolute Gasteiger partial charge is 0.342 e. The van der Waals surface area contributed by atoms with E-state index in [4.69, 9.17) is 5.84 Å². The molecule has 0 radical (unpaired) electrons. The summed E-state index contributed by atoms with van der Waals surface area (Å²) in [5.74, 6) is 6.75. The van der Waals surface area contributed by atoms with E-state index in [1.807, 2.05) is 26.0 Å². The molecule has 2 heterocycles. The average molecular weight is 277 g/mol. The van der Waals surface area contributed by atoms with Crippen LogP contribution in [0.1, 0.15) is 0 Å². The van der Waals surface area contributed by atoms with E-state index in [2.05, 4.69) is 30.3 Å². The van der Waals surface area contributed by atoms with Gasteiger partial charge in [0.1, 0.15) is 6.33 Å². The first-order valence-electron chi connectivity index (χ1n) is 6.17. The van der Waals surface area contributed by atoms with Gasteiger partial charge in [0, 0.05) is 32.5 Å². The molecule has 108 valence electrons. The number of aromatic nitrogens is 5. The van der Waals surface area contributed by atoms with E-state index < -0.39 is 0 Å². The van der Waals surface area contributed by atoms with Gasteiger partial charge in [0.15, 0.2) is 0 Å². The van der Waals surface area contributed by atoms with Crippen LogP contribution in [0.25, 0.3) is 5.95 Å². The van der Waals surface area contributed by atoms with E-state index in [1.165, 1.54) is 0 Å². The number of nitrogens with zero attached hydrogens (tertiary/aromatic N) is 7. The normalized spacial score (nSPS) is 10.8. The van der Waals surface area contributed by atoms with Crippen molar-refractivity contribution in [1.29, 1.82) is 0 Å². The lowest BCUT2D eigenvalue weighted by atomic mass is 10.5. The van der Waals surface area contributed by atoms with Gasteiger partial charge in [-0.05, 0) is 14.1 Å². The van der Waals surface area contributed by atoms with E-state index in [0.29, 0.717) is 17.8 Å². The number of hydrogen-bond acceptors (Lipinski definition) is 8. The summed E-state index contributed by atoms with van der Waals surface area (Å²) in [6, 6.07) is 0. The Kier molecular flexibility index (Phi) is 4.43. The molecule has 9 heteroatoms. The highest BCUT2D eigenvalue weighted by atomic mass is 15.4. The summed E-state index contributed by atoms with van der Waals surface area (Å²) < 4.78 is 1.70. The minimum atomic E-state index is 0.315. The second kappa shape index (κ2) is 6.26. The molecule has 0 aliphatic carbocycles. The van der Waals surface area contributed by atoms with Crippen molar-refractivity contribution in [2.75, 3.05) is 44.6 Å². The third kappa shape index (κ3) is 3.39. The third-order valence-electron chi connectivity index (χ3n) is 2.70. The van der Waals surface area contributed by atoms with Crippen molar-refractivity contribution >= 4 is 11.9 Å². The van der Waals surface area contributed by atoms with Gasteiger partial charge in [0.25, 0.3) is 0 Å². The molecule has 0 atom stereocenters. The summed E-state index contributed by atoms with van der Waals surface area (Å²) in [6.45, 7) is 1.69. The molecule has 2 rings (SSSR count). The topological polar surface area (TPSA) is 101 Å².